The van der Waals surface area contributed by atoms with Crippen molar-refractivity contribution in [2.24, 2.45) is 0 Å². The van der Waals surface area contributed by atoms with Crippen LogP contribution in [0.2, 0.25) is 0 Å². The number of rotatable bonds is 4. The third-order valence-electron chi connectivity index (χ3n) is 3.47. The molecule has 0 spiro atoms. The molecule has 3 heteroatoms. The number of terminal acetylenes is 1. The van der Waals surface area contributed by atoms with Crippen molar-refractivity contribution < 1.29 is 0 Å². The highest BCUT2D eigenvalue weighted by Crippen LogP contribution is 2.19. The Labute approximate surface area is 110 Å². The molecule has 1 atom stereocenters. The van der Waals surface area contributed by atoms with Crippen molar-refractivity contribution in [2.75, 3.05) is 18.0 Å². The van der Waals surface area contributed by atoms with Gasteiger partial charge < -0.3 is 10.2 Å². The van der Waals surface area contributed by atoms with Crippen LogP contribution in [0.15, 0.2) is 24.5 Å². The quantitative estimate of drug-likeness (QED) is 0.820. The van der Waals surface area contributed by atoms with Crippen molar-refractivity contribution in [1.29, 1.82) is 0 Å². The summed E-state index contributed by atoms with van der Waals surface area (Å²) < 4.78 is 0. The Bertz CT molecular complexity index is 388. The van der Waals surface area contributed by atoms with Gasteiger partial charge in [0.1, 0.15) is 0 Å². The van der Waals surface area contributed by atoms with Gasteiger partial charge in [0.15, 0.2) is 0 Å². The fourth-order valence-electron chi connectivity index (χ4n) is 2.50. The maximum atomic E-state index is 5.33. The molecule has 0 bridgehead atoms. The lowest BCUT2D eigenvalue weighted by Gasteiger charge is -2.35. The topological polar surface area (TPSA) is 28.2 Å². The van der Waals surface area contributed by atoms with Gasteiger partial charge in [-0.05, 0) is 31.9 Å². The number of anilines is 1. The lowest BCUT2D eigenvalue weighted by Crippen LogP contribution is -2.45. The molecule has 1 aromatic heterocycles. The van der Waals surface area contributed by atoms with Gasteiger partial charge in [-0.2, -0.15) is 0 Å². The summed E-state index contributed by atoms with van der Waals surface area (Å²) in [6.45, 7) is 4.37. The second kappa shape index (κ2) is 6.42. The molecule has 0 aromatic carbocycles. The maximum absolute atomic E-state index is 5.33. The first-order chi connectivity index (χ1) is 8.79. The Morgan fingerprint density at radius 2 is 2.11 bits per heavy atom. The van der Waals surface area contributed by atoms with Crippen molar-refractivity contribution in [2.45, 2.75) is 38.3 Å². The first kappa shape index (κ1) is 12.9. The van der Waals surface area contributed by atoms with E-state index in [1.54, 1.807) is 0 Å². The molecule has 1 fully saturated rings. The molecule has 1 N–H and O–H groups in total. The van der Waals surface area contributed by atoms with Gasteiger partial charge in [-0.3, -0.25) is 4.98 Å². The van der Waals surface area contributed by atoms with E-state index in [4.69, 9.17) is 6.42 Å². The van der Waals surface area contributed by atoms with Gasteiger partial charge in [-0.15, -0.1) is 12.3 Å². The highest BCUT2D eigenvalue weighted by molar-refractivity contribution is 5.44. The lowest BCUT2D eigenvalue weighted by molar-refractivity contribution is 0.379. The normalized spacial score (nSPS) is 18.3. The summed E-state index contributed by atoms with van der Waals surface area (Å²) in [6, 6.07) is 5.18. The standard InChI is InChI=1S/C15H21N3/c1-3-4-13(2)17-14-7-11-18(12-8-14)15-5-9-16-10-6-15/h1,5-6,9-10,13-14,17H,4,7-8,11-12H2,2H3. The van der Waals surface area contributed by atoms with Gasteiger partial charge in [0.2, 0.25) is 0 Å². The zero-order valence-corrected chi connectivity index (χ0v) is 11.0. The molecule has 1 unspecified atom stereocenters. The second-order valence-electron chi connectivity index (χ2n) is 4.94. The summed E-state index contributed by atoms with van der Waals surface area (Å²) in [5, 5.41) is 3.61. The van der Waals surface area contributed by atoms with Crippen molar-refractivity contribution in [1.82, 2.24) is 10.3 Å². The van der Waals surface area contributed by atoms with Crippen LogP contribution in [0.5, 0.6) is 0 Å². The smallest absolute Gasteiger partial charge is 0.0397 e. The summed E-state index contributed by atoms with van der Waals surface area (Å²) in [4.78, 5) is 6.48. The van der Waals surface area contributed by atoms with E-state index in [-0.39, 0.29) is 0 Å². The Kier molecular flexibility index (Phi) is 4.60. The molecule has 0 amide bonds. The van der Waals surface area contributed by atoms with E-state index < -0.39 is 0 Å². The zero-order valence-electron chi connectivity index (χ0n) is 11.0. The van der Waals surface area contributed by atoms with Crippen LogP contribution in [0.1, 0.15) is 26.2 Å². The maximum Gasteiger partial charge on any atom is 0.0397 e. The minimum Gasteiger partial charge on any atom is -0.371 e. The molecule has 1 aliphatic rings. The first-order valence-corrected chi connectivity index (χ1v) is 6.64. The average Bonchev–Trinajstić information content (AvgIpc) is 2.41. The third kappa shape index (κ3) is 3.48. The molecule has 0 saturated carbocycles. The number of hydrogen-bond donors (Lipinski definition) is 1. The Morgan fingerprint density at radius 3 is 2.72 bits per heavy atom. The number of nitrogens with zero attached hydrogens (tertiary/aromatic N) is 2. The molecule has 96 valence electrons. The third-order valence-corrected chi connectivity index (χ3v) is 3.47. The molecule has 0 aliphatic carbocycles. The van der Waals surface area contributed by atoms with Crippen LogP contribution in [-0.2, 0) is 0 Å². The Morgan fingerprint density at radius 1 is 1.44 bits per heavy atom. The van der Waals surface area contributed by atoms with Gasteiger partial charge in [0, 0.05) is 49.7 Å². The van der Waals surface area contributed by atoms with Gasteiger partial charge in [-0.25, -0.2) is 0 Å². The molecule has 2 rings (SSSR count). The predicted molar refractivity (Wildman–Crippen MR) is 75.5 cm³/mol. The molecule has 3 nitrogen and oxygen atoms in total. The molecular formula is C15H21N3. The van der Waals surface area contributed by atoms with E-state index in [0.717, 1.165) is 19.5 Å². The van der Waals surface area contributed by atoms with E-state index in [1.165, 1.54) is 18.5 Å². The highest BCUT2D eigenvalue weighted by atomic mass is 15.1. The summed E-state index contributed by atoms with van der Waals surface area (Å²) in [7, 11) is 0. The summed E-state index contributed by atoms with van der Waals surface area (Å²) in [6.07, 6.45) is 12.2. The van der Waals surface area contributed by atoms with Gasteiger partial charge in [0.25, 0.3) is 0 Å². The van der Waals surface area contributed by atoms with Crippen LogP contribution in [0.4, 0.5) is 5.69 Å². The Balaban J connectivity index is 1.80. The molecule has 1 aliphatic heterocycles. The monoisotopic (exact) mass is 243 g/mol. The van der Waals surface area contributed by atoms with Gasteiger partial charge in [0.05, 0.1) is 0 Å². The Hall–Kier alpha value is -1.53. The second-order valence-corrected chi connectivity index (χ2v) is 4.94. The minimum absolute atomic E-state index is 0.424. The van der Waals surface area contributed by atoms with E-state index in [0.29, 0.717) is 12.1 Å². The van der Waals surface area contributed by atoms with Crippen LogP contribution in [0, 0.1) is 12.3 Å². The van der Waals surface area contributed by atoms with Gasteiger partial charge in [-0.1, -0.05) is 0 Å². The number of hydrogen-bond acceptors (Lipinski definition) is 3. The van der Waals surface area contributed by atoms with Crippen molar-refractivity contribution >= 4 is 5.69 Å². The predicted octanol–water partition coefficient (Wildman–Crippen LogP) is 2.05. The molecule has 2 heterocycles. The molecule has 1 saturated heterocycles. The van der Waals surface area contributed by atoms with Crippen LogP contribution in [0.3, 0.4) is 0 Å². The molecule has 0 radical (unpaired) electrons. The van der Waals surface area contributed by atoms with E-state index in [1.807, 2.05) is 12.4 Å². The SMILES string of the molecule is C#CCC(C)NC1CCN(c2ccncc2)CC1. The average molecular weight is 243 g/mol. The largest absolute Gasteiger partial charge is 0.371 e. The van der Waals surface area contributed by atoms with Crippen molar-refractivity contribution in [3.05, 3.63) is 24.5 Å². The van der Waals surface area contributed by atoms with Gasteiger partial charge >= 0.3 is 0 Å². The number of aromatic nitrogens is 1. The van der Waals surface area contributed by atoms with Crippen LogP contribution in [-0.4, -0.2) is 30.2 Å². The van der Waals surface area contributed by atoms with E-state index in [2.05, 4.69) is 40.2 Å². The molecular weight excluding hydrogens is 222 g/mol. The highest BCUT2D eigenvalue weighted by Gasteiger charge is 2.20. The summed E-state index contributed by atoms with van der Waals surface area (Å²) in [5.74, 6) is 2.71. The zero-order chi connectivity index (χ0) is 12.8. The summed E-state index contributed by atoms with van der Waals surface area (Å²) >= 11 is 0. The van der Waals surface area contributed by atoms with E-state index in [9.17, 15) is 0 Å². The number of piperidine rings is 1. The number of nitrogens with one attached hydrogen (secondary N) is 1. The number of pyridine rings is 1. The fourth-order valence-corrected chi connectivity index (χ4v) is 2.50. The molecule has 18 heavy (non-hydrogen) atoms. The molecule has 1 aromatic rings. The first-order valence-electron chi connectivity index (χ1n) is 6.64. The minimum atomic E-state index is 0.424. The van der Waals surface area contributed by atoms with Crippen LogP contribution >= 0.6 is 0 Å². The van der Waals surface area contributed by atoms with Crippen LogP contribution in [0.25, 0.3) is 0 Å². The van der Waals surface area contributed by atoms with E-state index >= 15 is 0 Å². The summed E-state index contributed by atoms with van der Waals surface area (Å²) in [5.41, 5.74) is 1.28. The van der Waals surface area contributed by atoms with Crippen molar-refractivity contribution in [3.8, 4) is 12.3 Å². The lowest BCUT2D eigenvalue weighted by atomic mass is 10.0. The van der Waals surface area contributed by atoms with Crippen molar-refractivity contribution in [3.63, 3.8) is 0 Å². The van der Waals surface area contributed by atoms with Crippen LogP contribution < -0.4 is 10.2 Å². The fraction of sp³-hybridized carbons (Fsp3) is 0.533.